The Morgan fingerprint density at radius 1 is 1.24 bits per heavy atom. The van der Waals surface area contributed by atoms with Crippen molar-refractivity contribution >= 4 is 28.3 Å². The molecule has 1 aromatic heterocycles. The van der Waals surface area contributed by atoms with Gasteiger partial charge < -0.3 is 5.32 Å². The van der Waals surface area contributed by atoms with Crippen molar-refractivity contribution in [3.05, 3.63) is 5.82 Å². The van der Waals surface area contributed by atoms with Gasteiger partial charge in [-0.05, 0) is 25.7 Å². The molecule has 1 fully saturated rings. The molecule has 17 heavy (non-hydrogen) atoms. The SMILES string of the molecule is FC(F)(F)c1nsc(NC2CCC(Cl)CC2)n1. The highest BCUT2D eigenvalue weighted by Crippen LogP contribution is 2.30. The van der Waals surface area contributed by atoms with Crippen LogP contribution < -0.4 is 5.32 Å². The number of aromatic nitrogens is 2. The van der Waals surface area contributed by atoms with E-state index in [1.54, 1.807) is 0 Å². The van der Waals surface area contributed by atoms with Gasteiger partial charge in [-0.2, -0.15) is 22.5 Å². The minimum atomic E-state index is -4.47. The number of halogens is 4. The molecule has 0 atom stereocenters. The van der Waals surface area contributed by atoms with Gasteiger partial charge >= 0.3 is 6.18 Å². The van der Waals surface area contributed by atoms with Crippen LogP contribution in [0.15, 0.2) is 0 Å². The molecule has 96 valence electrons. The molecule has 1 saturated carbocycles. The molecule has 1 aliphatic carbocycles. The quantitative estimate of drug-likeness (QED) is 0.845. The topological polar surface area (TPSA) is 37.8 Å². The fraction of sp³-hybridized carbons (Fsp3) is 0.778. The van der Waals surface area contributed by atoms with Crippen molar-refractivity contribution in [2.75, 3.05) is 5.32 Å². The minimum Gasteiger partial charge on any atom is -0.358 e. The molecule has 0 aromatic carbocycles. The average molecular weight is 286 g/mol. The first-order chi connectivity index (χ1) is 7.95. The normalized spacial score (nSPS) is 25.9. The third kappa shape index (κ3) is 3.45. The molecule has 1 aromatic rings. The van der Waals surface area contributed by atoms with Gasteiger partial charge in [-0.15, -0.1) is 11.6 Å². The van der Waals surface area contributed by atoms with Crippen LogP contribution in [-0.4, -0.2) is 20.8 Å². The van der Waals surface area contributed by atoms with Crippen LogP contribution in [0.1, 0.15) is 31.5 Å². The Morgan fingerprint density at radius 2 is 1.88 bits per heavy atom. The molecule has 0 bridgehead atoms. The molecule has 0 saturated heterocycles. The summed E-state index contributed by atoms with van der Waals surface area (Å²) in [5.74, 6) is -1.07. The molecule has 0 amide bonds. The molecule has 1 heterocycles. The average Bonchev–Trinajstić information content (AvgIpc) is 2.69. The molecule has 0 spiro atoms. The third-order valence-corrected chi connectivity index (χ3v) is 3.75. The fourth-order valence-electron chi connectivity index (χ4n) is 1.77. The van der Waals surface area contributed by atoms with Gasteiger partial charge in [-0.25, -0.2) is 0 Å². The highest BCUT2D eigenvalue weighted by atomic mass is 35.5. The summed E-state index contributed by atoms with van der Waals surface area (Å²) in [7, 11) is 0. The van der Waals surface area contributed by atoms with Crippen LogP contribution >= 0.6 is 23.1 Å². The van der Waals surface area contributed by atoms with Gasteiger partial charge in [0.25, 0.3) is 0 Å². The number of nitrogens with zero attached hydrogens (tertiary/aromatic N) is 2. The lowest BCUT2D eigenvalue weighted by molar-refractivity contribution is -0.144. The number of hydrogen-bond donors (Lipinski definition) is 1. The molecule has 8 heteroatoms. The van der Waals surface area contributed by atoms with Crippen molar-refractivity contribution in [3.8, 4) is 0 Å². The number of nitrogens with one attached hydrogen (secondary N) is 1. The first-order valence-electron chi connectivity index (χ1n) is 5.26. The summed E-state index contributed by atoms with van der Waals surface area (Å²) in [6, 6.07) is 0.152. The van der Waals surface area contributed by atoms with Crippen molar-refractivity contribution in [2.24, 2.45) is 0 Å². The van der Waals surface area contributed by atoms with E-state index in [1.165, 1.54) is 0 Å². The highest BCUT2D eigenvalue weighted by Gasteiger charge is 2.36. The third-order valence-electron chi connectivity index (χ3n) is 2.66. The van der Waals surface area contributed by atoms with E-state index in [1.807, 2.05) is 0 Å². The summed E-state index contributed by atoms with van der Waals surface area (Å²) >= 11 is 6.69. The van der Waals surface area contributed by atoms with Crippen molar-refractivity contribution in [2.45, 2.75) is 43.3 Å². The van der Waals surface area contributed by atoms with Crippen LogP contribution in [-0.2, 0) is 6.18 Å². The summed E-state index contributed by atoms with van der Waals surface area (Å²) in [4.78, 5) is 3.43. The second kappa shape index (κ2) is 4.97. The molecule has 0 aliphatic heterocycles. The largest absolute Gasteiger partial charge is 0.452 e. The van der Waals surface area contributed by atoms with E-state index in [9.17, 15) is 13.2 Å². The van der Waals surface area contributed by atoms with Gasteiger partial charge in [0.1, 0.15) is 0 Å². The Labute approximate surface area is 106 Å². The van der Waals surface area contributed by atoms with Crippen LogP contribution in [0, 0.1) is 0 Å². The predicted octanol–water partition coefficient (Wildman–Crippen LogP) is 3.52. The second-order valence-electron chi connectivity index (χ2n) is 4.01. The summed E-state index contributed by atoms with van der Waals surface area (Å²) in [6.45, 7) is 0. The van der Waals surface area contributed by atoms with Crippen molar-refractivity contribution in [3.63, 3.8) is 0 Å². The minimum absolute atomic E-state index is 0.152. The molecule has 3 nitrogen and oxygen atoms in total. The zero-order chi connectivity index (χ0) is 12.5. The highest BCUT2D eigenvalue weighted by molar-refractivity contribution is 7.09. The predicted molar refractivity (Wildman–Crippen MR) is 60.4 cm³/mol. The maximum absolute atomic E-state index is 12.3. The van der Waals surface area contributed by atoms with Gasteiger partial charge in [0.15, 0.2) is 0 Å². The van der Waals surface area contributed by atoms with E-state index in [0.29, 0.717) is 0 Å². The maximum atomic E-state index is 12.3. The van der Waals surface area contributed by atoms with Gasteiger partial charge in [0.2, 0.25) is 11.0 Å². The van der Waals surface area contributed by atoms with E-state index in [4.69, 9.17) is 11.6 Å². The smallest absolute Gasteiger partial charge is 0.358 e. The molecule has 1 N–H and O–H groups in total. The van der Waals surface area contributed by atoms with Crippen molar-refractivity contribution < 1.29 is 13.2 Å². The van der Waals surface area contributed by atoms with Crippen molar-refractivity contribution in [1.29, 1.82) is 0 Å². The maximum Gasteiger partial charge on any atom is 0.452 e. The van der Waals surface area contributed by atoms with Gasteiger partial charge in [-0.1, -0.05) is 0 Å². The Morgan fingerprint density at radius 3 is 2.41 bits per heavy atom. The summed E-state index contributed by atoms with van der Waals surface area (Å²) in [5.41, 5.74) is 0. The van der Waals surface area contributed by atoms with Crippen LogP contribution in [0.4, 0.5) is 18.3 Å². The second-order valence-corrected chi connectivity index (χ2v) is 5.38. The first-order valence-corrected chi connectivity index (χ1v) is 6.47. The van der Waals surface area contributed by atoms with Crippen LogP contribution in [0.5, 0.6) is 0 Å². The molecule has 0 unspecified atom stereocenters. The molecular formula is C9H11ClF3N3S. The number of alkyl halides is 4. The van der Waals surface area contributed by atoms with Crippen LogP contribution in [0.2, 0.25) is 0 Å². The number of anilines is 1. The number of rotatable bonds is 2. The Hall–Kier alpha value is -0.560. The Kier molecular flexibility index (Phi) is 3.77. The van der Waals surface area contributed by atoms with E-state index >= 15 is 0 Å². The van der Waals surface area contributed by atoms with Gasteiger partial charge in [0, 0.05) is 23.0 Å². The first kappa shape index (κ1) is 12.9. The van der Waals surface area contributed by atoms with Crippen molar-refractivity contribution in [1.82, 2.24) is 9.36 Å². The molecule has 1 aliphatic rings. The van der Waals surface area contributed by atoms with E-state index < -0.39 is 12.0 Å². The van der Waals surface area contributed by atoms with E-state index in [0.717, 1.165) is 37.2 Å². The van der Waals surface area contributed by atoms with Gasteiger partial charge in [-0.3, -0.25) is 0 Å². The lowest BCUT2D eigenvalue weighted by Gasteiger charge is -2.25. The summed E-state index contributed by atoms with van der Waals surface area (Å²) in [5, 5.41) is 3.40. The summed E-state index contributed by atoms with van der Waals surface area (Å²) in [6.07, 6.45) is -0.997. The molecule has 0 radical (unpaired) electrons. The zero-order valence-electron chi connectivity index (χ0n) is 8.80. The van der Waals surface area contributed by atoms with Gasteiger partial charge in [0.05, 0.1) is 0 Å². The fourth-order valence-corrected chi connectivity index (χ4v) is 2.68. The Bertz CT molecular complexity index is 374. The zero-order valence-corrected chi connectivity index (χ0v) is 10.4. The number of hydrogen-bond acceptors (Lipinski definition) is 4. The Balaban J connectivity index is 1.93. The monoisotopic (exact) mass is 285 g/mol. The van der Waals surface area contributed by atoms with Crippen LogP contribution in [0.3, 0.4) is 0 Å². The molecular weight excluding hydrogens is 275 g/mol. The lowest BCUT2D eigenvalue weighted by atomic mass is 9.95. The lowest BCUT2D eigenvalue weighted by Crippen LogP contribution is -2.26. The summed E-state index contributed by atoms with van der Waals surface area (Å²) < 4.78 is 40.1. The van der Waals surface area contributed by atoms with E-state index in [2.05, 4.69) is 14.7 Å². The standard InChI is InChI=1S/C9H11ClF3N3S/c10-5-1-3-6(4-2-5)14-8-15-7(16-17-8)9(11,12)13/h5-6H,1-4H2,(H,14,15,16). The molecule has 2 rings (SSSR count). The van der Waals surface area contributed by atoms with E-state index in [-0.39, 0.29) is 16.6 Å². The van der Waals surface area contributed by atoms with Crippen LogP contribution in [0.25, 0.3) is 0 Å².